The van der Waals surface area contributed by atoms with Crippen LogP contribution in [0.25, 0.3) is 0 Å². The van der Waals surface area contributed by atoms with Crippen LogP contribution >= 0.6 is 0 Å². The molecule has 1 nitrogen and oxygen atoms in total. The number of hydrogen-bond donors (Lipinski definition) is 0. The first-order valence-electron chi connectivity index (χ1n) is 5.40. The van der Waals surface area contributed by atoms with E-state index in [0.717, 1.165) is 18.8 Å². The Hall–Kier alpha value is -0.330. The van der Waals surface area contributed by atoms with Crippen LogP contribution in [-0.4, -0.2) is 5.78 Å². The molecule has 0 amide bonds. The number of rotatable bonds is 0. The van der Waals surface area contributed by atoms with Crippen LogP contribution in [0.1, 0.15) is 51.4 Å². The molecular weight excluding hydrogens is 148 g/mol. The highest BCUT2D eigenvalue weighted by molar-refractivity contribution is 5.81. The highest BCUT2D eigenvalue weighted by atomic mass is 16.1. The SMILES string of the molecule is O=C1CCCCC2CCCCC12. The number of ketones is 1. The molecular formula is C11H18O. The van der Waals surface area contributed by atoms with Gasteiger partial charge in [-0.1, -0.05) is 19.3 Å². The van der Waals surface area contributed by atoms with E-state index in [-0.39, 0.29) is 0 Å². The van der Waals surface area contributed by atoms with Gasteiger partial charge in [0.25, 0.3) is 0 Å². The molecule has 0 aromatic heterocycles. The maximum atomic E-state index is 11.6. The number of carbonyl (C=O) groups is 1. The van der Waals surface area contributed by atoms with Crippen molar-refractivity contribution in [1.82, 2.24) is 0 Å². The summed E-state index contributed by atoms with van der Waals surface area (Å²) < 4.78 is 0. The minimum atomic E-state index is 0.473. The average molecular weight is 166 g/mol. The first-order chi connectivity index (χ1) is 5.88. The summed E-state index contributed by atoms with van der Waals surface area (Å²) in [6.07, 6.45) is 9.86. The lowest BCUT2D eigenvalue weighted by atomic mass is 9.76. The van der Waals surface area contributed by atoms with Crippen molar-refractivity contribution in [2.24, 2.45) is 11.8 Å². The topological polar surface area (TPSA) is 17.1 Å². The van der Waals surface area contributed by atoms with E-state index in [1.165, 1.54) is 38.5 Å². The van der Waals surface area contributed by atoms with Crippen molar-refractivity contribution in [3.8, 4) is 0 Å². The Balaban J connectivity index is 2.06. The summed E-state index contributed by atoms with van der Waals surface area (Å²) in [6, 6.07) is 0. The maximum absolute atomic E-state index is 11.6. The van der Waals surface area contributed by atoms with Gasteiger partial charge < -0.3 is 0 Å². The zero-order valence-corrected chi connectivity index (χ0v) is 7.72. The van der Waals surface area contributed by atoms with E-state index in [1.807, 2.05) is 0 Å². The summed E-state index contributed by atoms with van der Waals surface area (Å²) in [7, 11) is 0. The van der Waals surface area contributed by atoms with Crippen molar-refractivity contribution in [2.45, 2.75) is 51.4 Å². The van der Waals surface area contributed by atoms with Gasteiger partial charge in [-0.15, -0.1) is 0 Å². The van der Waals surface area contributed by atoms with Crippen LogP contribution in [0.15, 0.2) is 0 Å². The summed E-state index contributed by atoms with van der Waals surface area (Å²) in [4.78, 5) is 11.6. The van der Waals surface area contributed by atoms with Crippen LogP contribution in [0.2, 0.25) is 0 Å². The third-order valence-corrected chi connectivity index (χ3v) is 3.57. The zero-order valence-electron chi connectivity index (χ0n) is 7.72. The van der Waals surface area contributed by atoms with Crippen molar-refractivity contribution in [2.75, 3.05) is 0 Å². The number of fused-ring (bicyclic) bond motifs is 1. The lowest BCUT2D eigenvalue weighted by molar-refractivity contribution is -0.125. The zero-order chi connectivity index (χ0) is 8.39. The van der Waals surface area contributed by atoms with Gasteiger partial charge in [-0.25, -0.2) is 0 Å². The van der Waals surface area contributed by atoms with Gasteiger partial charge in [0.2, 0.25) is 0 Å². The van der Waals surface area contributed by atoms with E-state index in [0.29, 0.717) is 11.7 Å². The number of carbonyl (C=O) groups excluding carboxylic acids is 1. The number of Topliss-reactive ketones (excluding diaryl/α,β-unsaturated/α-hetero) is 1. The van der Waals surface area contributed by atoms with E-state index in [4.69, 9.17) is 0 Å². The van der Waals surface area contributed by atoms with Gasteiger partial charge in [-0.2, -0.15) is 0 Å². The molecule has 1 heteroatoms. The monoisotopic (exact) mass is 166 g/mol. The fourth-order valence-electron chi connectivity index (χ4n) is 2.87. The third-order valence-electron chi connectivity index (χ3n) is 3.57. The first kappa shape index (κ1) is 8.28. The first-order valence-corrected chi connectivity index (χ1v) is 5.40. The molecule has 0 heterocycles. The van der Waals surface area contributed by atoms with E-state index < -0.39 is 0 Å². The molecule has 0 saturated heterocycles. The lowest BCUT2D eigenvalue weighted by Gasteiger charge is -2.28. The Bertz CT molecular complexity index is 174. The summed E-state index contributed by atoms with van der Waals surface area (Å²) >= 11 is 0. The van der Waals surface area contributed by atoms with Crippen molar-refractivity contribution < 1.29 is 4.79 Å². The van der Waals surface area contributed by atoms with Gasteiger partial charge in [0.1, 0.15) is 5.78 Å². The molecule has 0 spiro atoms. The second-order valence-corrected chi connectivity index (χ2v) is 4.36. The third kappa shape index (κ3) is 1.55. The average Bonchev–Trinajstić information content (AvgIpc) is 2.29. The highest BCUT2D eigenvalue weighted by Gasteiger charge is 2.31. The Kier molecular flexibility index (Phi) is 2.48. The smallest absolute Gasteiger partial charge is 0.136 e. The minimum Gasteiger partial charge on any atom is -0.299 e. The molecule has 0 aliphatic heterocycles. The van der Waals surface area contributed by atoms with Crippen molar-refractivity contribution in [1.29, 1.82) is 0 Å². The van der Waals surface area contributed by atoms with E-state index in [9.17, 15) is 4.79 Å². The van der Waals surface area contributed by atoms with Crippen LogP contribution in [0.4, 0.5) is 0 Å². The van der Waals surface area contributed by atoms with Crippen LogP contribution in [0.5, 0.6) is 0 Å². The van der Waals surface area contributed by atoms with Gasteiger partial charge >= 0.3 is 0 Å². The van der Waals surface area contributed by atoms with Gasteiger partial charge in [0.05, 0.1) is 0 Å². The quantitative estimate of drug-likeness (QED) is 0.540. The molecule has 2 fully saturated rings. The molecule has 0 aromatic rings. The maximum Gasteiger partial charge on any atom is 0.136 e. The summed E-state index contributed by atoms with van der Waals surface area (Å²) in [6.45, 7) is 0. The van der Waals surface area contributed by atoms with E-state index in [2.05, 4.69) is 0 Å². The minimum absolute atomic E-state index is 0.473. The second kappa shape index (κ2) is 3.59. The largest absolute Gasteiger partial charge is 0.299 e. The normalized spacial score (nSPS) is 37.2. The van der Waals surface area contributed by atoms with Gasteiger partial charge in [-0.05, 0) is 31.6 Å². The van der Waals surface area contributed by atoms with Crippen LogP contribution < -0.4 is 0 Å². The molecule has 0 aromatic carbocycles. The fraction of sp³-hybridized carbons (Fsp3) is 0.909. The molecule has 2 aliphatic carbocycles. The van der Waals surface area contributed by atoms with Gasteiger partial charge in [0.15, 0.2) is 0 Å². The van der Waals surface area contributed by atoms with Crippen molar-refractivity contribution in [3.05, 3.63) is 0 Å². The molecule has 2 atom stereocenters. The van der Waals surface area contributed by atoms with E-state index >= 15 is 0 Å². The summed E-state index contributed by atoms with van der Waals surface area (Å²) in [5, 5.41) is 0. The van der Waals surface area contributed by atoms with Gasteiger partial charge in [0, 0.05) is 12.3 Å². The van der Waals surface area contributed by atoms with Crippen LogP contribution in [-0.2, 0) is 4.79 Å². The van der Waals surface area contributed by atoms with Crippen molar-refractivity contribution in [3.63, 3.8) is 0 Å². The Morgan fingerprint density at radius 2 is 1.58 bits per heavy atom. The molecule has 2 unspecified atom stereocenters. The summed E-state index contributed by atoms with van der Waals surface area (Å²) in [5.41, 5.74) is 0. The Morgan fingerprint density at radius 1 is 0.917 bits per heavy atom. The van der Waals surface area contributed by atoms with Gasteiger partial charge in [-0.3, -0.25) is 4.79 Å². The highest BCUT2D eigenvalue weighted by Crippen LogP contribution is 2.37. The molecule has 12 heavy (non-hydrogen) atoms. The fourth-order valence-corrected chi connectivity index (χ4v) is 2.87. The standard InChI is InChI=1S/C11H18O/c12-11-8-4-2-6-9-5-1-3-7-10(9)11/h9-10H,1-8H2. The molecule has 2 rings (SSSR count). The molecule has 2 aliphatic rings. The predicted octanol–water partition coefficient (Wildman–Crippen LogP) is 2.94. The molecule has 68 valence electrons. The van der Waals surface area contributed by atoms with Crippen molar-refractivity contribution >= 4 is 5.78 Å². The summed E-state index contributed by atoms with van der Waals surface area (Å²) in [5.74, 6) is 1.83. The second-order valence-electron chi connectivity index (χ2n) is 4.36. The van der Waals surface area contributed by atoms with Crippen LogP contribution in [0, 0.1) is 11.8 Å². The Morgan fingerprint density at radius 3 is 2.42 bits per heavy atom. The molecule has 2 saturated carbocycles. The lowest BCUT2D eigenvalue weighted by Crippen LogP contribution is -2.25. The predicted molar refractivity (Wildman–Crippen MR) is 48.9 cm³/mol. The molecule has 0 radical (unpaired) electrons. The number of hydrogen-bond acceptors (Lipinski definition) is 1. The van der Waals surface area contributed by atoms with Crippen LogP contribution in [0.3, 0.4) is 0 Å². The Labute approximate surface area is 74.5 Å². The molecule has 0 N–H and O–H groups in total. The molecule has 0 bridgehead atoms. The van der Waals surface area contributed by atoms with E-state index in [1.54, 1.807) is 0 Å².